The van der Waals surface area contributed by atoms with Crippen LogP contribution in [0.4, 0.5) is 5.95 Å². The number of carbonyl (C=O) groups excluding carboxylic acids is 2. The lowest BCUT2D eigenvalue weighted by atomic mass is 10.1. The third kappa shape index (κ3) is 4.65. The molecule has 0 bridgehead atoms. The number of esters is 1. The Morgan fingerprint density at radius 3 is 2.65 bits per heavy atom. The first-order chi connectivity index (χ1) is 15.0. The number of hydrogen-bond acceptors (Lipinski definition) is 7. The minimum absolute atomic E-state index is 0.0286. The number of ether oxygens (including phenoxy) is 1. The lowest BCUT2D eigenvalue weighted by Gasteiger charge is -2.34. The van der Waals surface area contributed by atoms with Crippen LogP contribution in [-0.2, 0) is 14.3 Å². The molecule has 0 unspecified atom stereocenters. The van der Waals surface area contributed by atoms with Gasteiger partial charge in [0.15, 0.2) is 0 Å². The molecule has 31 heavy (non-hydrogen) atoms. The Kier molecular flexibility index (Phi) is 6.11. The minimum atomic E-state index is -0.333. The third-order valence-corrected chi connectivity index (χ3v) is 5.31. The van der Waals surface area contributed by atoms with Crippen molar-refractivity contribution in [2.45, 2.75) is 26.7 Å². The normalized spacial score (nSPS) is 14.1. The molecular weight excluding hydrogens is 396 g/mol. The van der Waals surface area contributed by atoms with Gasteiger partial charge in [0, 0.05) is 44.4 Å². The molecular formula is C22H26N6O3. The molecule has 0 radical (unpaired) electrons. The van der Waals surface area contributed by atoms with E-state index in [-0.39, 0.29) is 24.7 Å². The quantitative estimate of drug-likeness (QED) is 0.562. The molecule has 0 N–H and O–H groups in total. The van der Waals surface area contributed by atoms with E-state index in [2.05, 4.69) is 33.9 Å². The van der Waals surface area contributed by atoms with Crippen molar-refractivity contribution < 1.29 is 14.3 Å². The van der Waals surface area contributed by atoms with Crippen LogP contribution >= 0.6 is 0 Å². The van der Waals surface area contributed by atoms with Gasteiger partial charge in [0.1, 0.15) is 0 Å². The van der Waals surface area contributed by atoms with Crippen molar-refractivity contribution in [1.29, 1.82) is 0 Å². The first-order valence-corrected chi connectivity index (χ1v) is 10.5. The van der Waals surface area contributed by atoms with Crippen molar-refractivity contribution in [1.82, 2.24) is 24.5 Å². The number of aryl methyl sites for hydroxylation is 1. The second-order valence-corrected chi connectivity index (χ2v) is 7.50. The van der Waals surface area contributed by atoms with Crippen molar-refractivity contribution >= 4 is 23.6 Å². The zero-order valence-corrected chi connectivity index (χ0v) is 17.8. The van der Waals surface area contributed by atoms with Crippen LogP contribution < -0.4 is 4.90 Å². The Hall–Kier alpha value is -3.49. The fourth-order valence-corrected chi connectivity index (χ4v) is 3.70. The van der Waals surface area contributed by atoms with E-state index in [4.69, 9.17) is 9.84 Å². The highest BCUT2D eigenvalue weighted by molar-refractivity contribution is 5.81. The van der Waals surface area contributed by atoms with Gasteiger partial charge in [-0.25, -0.2) is 4.98 Å². The summed E-state index contributed by atoms with van der Waals surface area (Å²) in [5, 5.41) is 4.70. The Bertz CT molecular complexity index is 1090. The van der Waals surface area contributed by atoms with Crippen LogP contribution in [0, 0.1) is 6.92 Å². The highest BCUT2D eigenvalue weighted by atomic mass is 16.5. The molecule has 1 fully saturated rings. The van der Waals surface area contributed by atoms with Gasteiger partial charge >= 0.3 is 5.97 Å². The summed E-state index contributed by atoms with van der Waals surface area (Å²) in [6.07, 6.45) is 2.04. The number of nitrogens with zero attached hydrogens (tertiary/aromatic N) is 6. The minimum Gasteiger partial charge on any atom is -0.466 e. The SMILES string of the molecule is CCOC(=O)CCC(=O)N1CCN(c2nc3nccc(-c4cccc(C)c4)n3n2)CC1. The Labute approximate surface area is 180 Å². The topological polar surface area (TPSA) is 92.9 Å². The monoisotopic (exact) mass is 422 g/mol. The lowest BCUT2D eigenvalue weighted by Crippen LogP contribution is -2.49. The largest absolute Gasteiger partial charge is 0.466 e. The summed E-state index contributed by atoms with van der Waals surface area (Å²) in [5.74, 6) is 0.785. The van der Waals surface area contributed by atoms with Crippen molar-refractivity contribution in [3.8, 4) is 11.3 Å². The standard InChI is InChI=1S/C22H26N6O3/c1-3-31-20(30)8-7-19(29)26-11-13-27(14-12-26)22-24-21-23-10-9-18(28(21)25-22)17-6-4-5-16(2)15-17/h4-6,9-10,15H,3,7-8,11-14H2,1-2H3. The van der Waals surface area contributed by atoms with E-state index in [0.29, 0.717) is 44.5 Å². The zero-order valence-electron chi connectivity index (χ0n) is 17.8. The zero-order chi connectivity index (χ0) is 21.8. The molecule has 0 atom stereocenters. The highest BCUT2D eigenvalue weighted by Gasteiger charge is 2.24. The Morgan fingerprint density at radius 2 is 1.90 bits per heavy atom. The maximum Gasteiger partial charge on any atom is 0.306 e. The second-order valence-electron chi connectivity index (χ2n) is 7.50. The lowest BCUT2D eigenvalue weighted by molar-refractivity contribution is -0.145. The number of aromatic nitrogens is 4. The van der Waals surface area contributed by atoms with E-state index >= 15 is 0 Å². The van der Waals surface area contributed by atoms with Gasteiger partial charge in [-0.2, -0.15) is 9.50 Å². The molecule has 4 rings (SSSR count). The van der Waals surface area contributed by atoms with Gasteiger partial charge in [0.25, 0.3) is 5.78 Å². The van der Waals surface area contributed by atoms with E-state index in [0.717, 1.165) is 11.3 Å². The van der Waals surface area contributed by atoms with Crippen molar-refractivity contribution in [3.05, 3.63) is 42.1 Å². The molecule has 1 aromatic carbocycles. The fraction of sp³-hybridized carbons (Fsp3) is 0.409. The van der Waals surface area contributed by atoms with Gasteiger partial charge in [0.05, 0.1) is 18.7 Å². The van der Waals surface area contributed by atoms with Crippen LogP contribution in [0.5, 0.6) is 0 Å². The molecule has 2 aromatic heterocycles. The predicted octanol–water partition coefficient (Wildman–Crippen LogP) is 2.09. The second kappa shape index (κ2) is 9.11. The number of carbonyl (C=O) groups is 2. The van der Waals surface area contributed by atoms with Crippen LogP contribution in [0.3, 0.4) is 0 Å². The number of benzene rings is 1. The number of hydrogen-bond donors (Lipinski definition) is 0. The van der Waals surface area contributed by atoms with Gasteiger partial charge in [-0.15, -0.1) is 5.10 Å². The number of fused-ring (bicyclic) bond motifs is 1. The maximum atomic E-state index is 12.4. The van der Waals surface area contributed by atoms with Crippen LogP contribution in [0.2, 0.25) is 0 Å². The van der Waals surface area contributed by atoms with Crippen LogP contribution in [-0.4, -0.2) is 69.1 Å². The molecule has 9 heteroatoms. The molecule has 3 heterocycles. The van der Waals surface area contributed by atoms with Crippen LogP contribution in [0.1, 0.15) is 25.3 Å². The molecule has 9 nitrogen and oxygen atoms in total. The molecule has 1 saturated heterocycles. The van der Waals surface area contributed by atoms with Gasteiger partial charge in [-0.05, 0) is 26.0 Å². The number of rotatable bonds is 6. The summed E-state index contributed by atoms with van der Waals surface area (Å²) in [7, 11) is 0. The van der Waals surface area contributed by atoms with E-state index in [1.54, 1.807) is 22.5 Å². The molecule has 0 spiro atoms. The van der Waals surface area contributed by atoms with Gasteiger partial charge in [0.2, 0.25) is 11.9 Å². The van der Waals surface area contributed by atoms with E-state index in [1.807, 2.05) is 18.2 Å². The summed E-state index contributed by atoms with van der Waals surface area (Å²) in [4.78, 5) is 36.6. The number of piperazine rings is 1. The molecule has 3 aromatic rings. The Morgan fingerprint density at radius 1 is 1.10 bits per heavy atom. The average molecular weight is 422 g/mol. The molecule has 1 aliphatic heterocycles. The van der Waals surface area contributed by atoms with Gasteiger partial charge in [-0.3, -0.25) is 9.59 Å². The predicted molar refractivity (Wildman–Crippen MR) is 116 cm³/mol. The number of anilines is 1. The van der Waals surface area contributed by atoms with Crippen LogP contribution in [0.15, 0.2) is 36.5 Å². The summed E-state index contributed by atoms with van der Waals surface area (Å²) in [6, 6.07) is 10.2. The van der Waals surface area contributed by atoms with E-state index in [1.165, 1.54) is 5.56 Å². The molecule has 162 valence electrons. The summed E-state index contributed by atoms with van der Waals surface area (Å²) >= 11 is 0. The summed E-state index contributed by atoms with van der Waals surface area (Å²) in [5.41, 5.74) is 3.16. The van der Waals surface area contributed by atoms with Gasteiger partial charge in [-0.1, -0.05) is 23.8 Å². The molecule has 0 aliphatic carbocycles. The highest BCUT2D eigenvalue weighted by Crippen LogP contribution is 2.22. The first-order valence-electron chi connectivity index (χ1n) is 10.5. The van der Waals surface area contributed by atoms with E-state index in [9.17, 15) is 9.59 Å². The maximum absolute atomic E-state index is 12.4. The fourth-order valence-electron chi connectivity index (χ4n) is 3.70. The average Bonchev–Trinajstić information content (AvgIpc) is 3.22. The van der Waals surface area contributed by atoms with Gasteiger partial charge < -0.3 is 14.5 Å². The number of amides is 1. The molecule has 0 saturated carbocycles. The van der Waals surface area contributed by atoms with E-state index < -0.39 is 0 Å². The summed E-state index contributed by atoms with van der Waals surface area (Å²) < 4.78 is 6.65. The van der Waals surface area contributed by atoms with Crippen molar-refractivity contribution in [2.75, 3.05) is 37.7 Å². The van der Waals surface area contributed by atoms with Crippen molar-refractivity contribution in [2.24, 2.45) is 0 Å². The van der Waals surface area contributed by atoms with Crippen LogP contribution in [0.25, 0.3) is 17.0 Å². The third-order valence-electron chi connectivity index (χ3n) is 5.31. The Balaban J connectivity index is 1.43. The van der Waals surface area contributed by atoms with Crippen molar-refractivity contribution in [3.63, 3.8) is 0 Å². The molecule has 1 amide bonds. The molecule has 1 aliphatic rings. The summed E-state index contributed by atoms with van der Waals surface area (Å²) in [6.45, 7) is 6.53. The first kappa shape index (κ1) is 20.8. The smallest absolute Gasteiger partial charge is 0.306 e.